The topological polar surface area (TPSA) is 29.3 Å². The number of nitrogens with two attached hydrogens (primary N) is 1. The molecule has 1 rings (SSSR count). The monoisotopic (exact) mass is 254 g/mol. The van der Waals surface area contributed by atoms with Crippen LogP contribution in [0.25, 0.3) is 0 Å². The Balaban J connectivity index is 2.76. The van der Waals surface area contributed by atoms with E-state index in [2.05, 4.69) is 25.7 Å². The second-order valence-electron chi connectivity index (χ2n) is 6.30. The molecule has 1 unspecified atom stereocenters. The molecule has 18 heavy (non-hydrogen) atoms. The molecule has 2 heteroatoms. The van der Waals surface area contributed by atoms with Crippen molar-refractivity contribution in [2.75, 3.05) is 19.6 Å². The molecule has 0 spiro atoms. The highest BCUT2D eigenvalue weighted by molar-refractivity contribution is 4.93. The van der Waals surface area contributed by atoms with Crippen LogP contribution in [-0.4, -0.2) is 30.1 Å². The largest absolute Gasteiger partial charge is 0.329 e. The predicted molar refractivity (Wildman–Crippen MR) is 80.8 cm³/mol. The van der Waals surface area contributed by atoms with E-state index in [0.717, 1.165) is 12.5 Å². The van der Waals surface area contributed by atoms with E-state index in [4.69, 9.17) is 5.73 Å². The minimum Gasteiger partial charge on any atom is -0.329 e. The van der Waals surface area contributed by atoms with Crippen LogP contribution in [0.5, 0.6) is 0 Å². The third-order valence-corrected chi connectivity index (χ3v) is 4.81. The molecular weight excluding hydrogens is 220 g/mol. The first-order chi connectivity index (χ1) is 8.68. The molecular formula is C16H34N2. The molecule has 0 amide bonds. The Morgan fingerprint density at radius 2 is 1.72 bits per heavy atom. The summed E-state index contributed by atoms with van der Waals surface area (Å²) in [5, 5.41) is 0. The van der Waals surface area contributed by atoms with Crippen molar-refractivity contribution in [1.29, 1.82) is 0 Å². The molecule has 1 aliphatic carbocycles. The van der Waals surface area contributed by atoms with Crippen molar-refractivity contribution in [3.8, 4) is 0 Å². The molecule has 2 nitrogen and oxygen atoms in total. The van der Waals surface area contributed by atoms with E-state index in [1.54, 1.807) is 0 Å². The van der Waals surface area contributed by atoms with Gasteiger partial charge in [-0.3, -0.25) is 4.90 Å². The third kappa shape index (κ3) is 4.24. The molecule has 0 aromatic heterocycles. The van der Waals surface area contributed by atoms with Gasteiger partial charge in [0, 0.05) is 18.6 Å². The highest BCUT2D eigenvalue weighted by Gasteiger charge is 2.35. The van der Waals surface area contributed by atoms with Gasteiger partial charge < -0.3 is 5.73 Å². The normalized spacial score (nSPS) is 21.8. The quantitative estimate of drug-likeness (QED) is 0.700. The highest BCUT2D eigenvalue weighted by atomic mass is 15.2. The molecule has 0 aliphatic heterocycles. The first-order valence-electron chi connectivity index (χ1n) is 8.13. The van der Waals surface area contributed by atoms with Crippen LogP contribution >= 0.6 is 0 Å². The minimum atomic E-state index is 0.315. The zero-order valence-corrected chi connectivity index (χ0v) is 12.9. The van der Waals surface area contributed by atoms with Gasteiger partial charge in [0.25, 0.3) is 0 Å². The van der Waals surface area contributed by atoms with E-state index in [-0.39, 0.29) is 0 Å². The van der Waals surface area contributed by atoms with Gasteiger partial charge in [0.05, 0.1) is 0 Å². The van der Waals surface area contributed by atoms with Gasteiger partial charge in [0.1, 0.15) is 0 Å². The van der Waals surface area contributed by atoms with Gasteiger partial charge in [0.2, 0.25) is 0 Å². The predicted octanol–water partition coefficient (Wildman–Crippen LogP) is 3.80. The van der Waals surface area contributed by atoms with Gasteiger partial charge in [0.15, 0.2) is 0 Å². The summed E-state index contributed by atoms with van der Waals surface area (Å²) in [6.45, 7) is 10.3. The van der Waals surface area contributed by atoms with Gasteiger partial charge in [-0.25, -0.2) is 0 Å². The van der Waals surface area contributed by atoms with Crippen molar-refractivity contribution in [1.82, 2.24) is 4.90 Å². The fraction of sp³-hybridized carbons (Fsp3) is 1.00. The Morgan fingerprint density at radius 3 is 2.17 bits per heavy atom. The molecule has 0 heterocycles. The lowest BCUT2D eigenvalue weighted by atomic mass is 9.87. The van der Waals surface area contributed by atoms with E-state index in [0.29, 0.717) is 5.54 Å². The van der Waals surface area contributed by atoms with E-state index in [1.165, 1.54) is 64.5 Å². The van der Waals surface area contributed by atoms with E-state index < -0.39 is 0 Å². The summed E-state index contributed by atoms with van der Waals surface area (Å²) < 4.78 is 0. The van der Waals surface area contributed by atoms with Crippen molar-refractivity contribution in [2.24, 2.45) is 11.7 Å². The molecule has 108 valence electrons. The highest BCUT2D eigenvalue weighted by Crippen LogP contribution is 2.32. The Morgan fingerprint density at radius 1 is 1.11 bits per heavy atom. The molecule has 1 fully saturated rings. The van der Waals surface area contributed by atoms with Crippen LogP contribution in [0.2, 0.25) is 0 Å². The summed E-state index contributed by atoms with van der Waals surface area (Å²) in [7, 11) is 0. The zero-order valence-electron chi connectivity index (χ0n) is 12.9. The van der Waals surface area contributed by atoms with Crippen LogP contribution < -0.4 is 5.73 Å². The molecule has 1 aliphatic rings. The Labute approximate surface area is 114 Å². The Bertz CT molecular complexity index is 207. The average molecular weight is 254 g/mol. The van der Waals surface area contributed by atoms with Crippen molar-refractivity contribution < 1.29 is 0 Å². The lowest BCUT2D eigenvalue weighted by Crippen LogP contribution is -2.55. The van der Waals surface area contributed by atoms with Gasteiger partial charge in [-0.05, 0) is 31.7 Å². The number of hydrogen-bond donors (Lipinski definition) is 1. The van der Waals surface area contributed by atoms with Crippen molar-refractivity contribution in [3.05, 3.63) is 0 Å². The van der Waals surface area contributed by atoms with Crippen LogP contribution in [0.1, 0.15) is 72.1 Å². The van der Waals surface area contributed by atoms with E-state index >= 15 is 0 Å². The van der Waals surface area contributed by atoms with Crippen molar-refractivity contribution >= 4 is 0 Å². The van der Waals surface area contributed by atoms with E-state index in [1.807, 2.05) is 0 Å². The average Bonchev–Trinajstić information content (AvgIpc) is 2.64. The van der Waals surface area contributed by atoms with Crippen LogP contribution in [-0.2, 0) is 0 Å². The first kappa shape index (κ1) is 16.0. The Hall–Kier alpha value is -0.0800. The summed E-state index contributed by atoms with van der Waals surface area (Å²) in [6.07, 6.45) is 10.7. The maximum Gasteiger partial charge on any atom is 0.0331 e. The molecule has 2 N–H and O–H groups in total. The third-order valence-electron chi connectivity index (χ3n) is 4.81. The van der Waals surface area contributed by atoms with Crippen LogP contribution in [0, 0.1) is 5.92 Å². The number of nitrogens with zero attached hydrogens (tertiary/aromatic N) is 1. The van der Waals surface area contributed by atoms with Crippen molar-refractivity contribution in [2.45, 2.75) is 77.7 Å². The molecule has 0 aromatic carbocycles. The summed E-state index contributed by atoms with van der Waals surface area (Å²) in [4.78, 5) is 2.74. The standard InChI is InChI=1S/C16H34N2/c1-4-12-18(13-15(3)5-2)16(14-17)10-8-6-7-9-11-16/h15H,4-14,17H2,1-3H3. The maximum absolute atomic E-state index is 6.21. The molecule has 0 bridgehead atoms. The fourth-order valence-corrected chi connectivity index (χ4v) is 3.33. The number of hydrogen-bond acceptors (Lipinski definition) is 2. The molecule has 0 aromatic rings. The second kappa shape index (κ2) is 8.16. The van der Waals surface area contributed by atoms with Gasteiger partial charge >= 0.3 is 0 Å². The van der Waals surface area contributed by atoms with Crippen molar-refractivity contribution in [3.63, 3.8) is 0 Å². The SMILES string of the molecule is CCCN(CC(C)CC)C1(CN)CCCCCC1. The maximum atomic E-state index is 6.21. The summed E-state index contributed by atoms with van der Waals surface area (Å²) in [5.41, 5.74) is 6.53. The lowest BCUT2D eigenvalue weighted by Gasteiger charge is -2.44. The minimum absolute atomic E-state index is 0.315. The van der Waals surface area contributed by atoms with Crippen LogP contribution in [0.4, 0.5) is 0 Å². The summed E-state index contributed by atoms with van der Waals surface area (Å²) >= 11 is 0. The van der Waals surface area contributed by atoms with Crippen LogP contribution in [0.15, 0.2) is 0 Å². The van der Waals surface area contributed by atoms with E-state index in [9.17, 15) is 0 Å². The van der Waals surface area contributed by atoms with Gasteiger partial charge in [-0.2, -0.15) is 0 Å². The molecule has 1 saturated carbocycles. The summed E-state index contributed by atoms with van der Waals surface area (Å²) in [6, 6.07) is 0. The second-order valence-corrected chi connectivity index (χ2v) is 6.30. The Kier molecular flexibility index (Phi) is 7.25. The smallest absolute Gasteiger partial charge is 0.0331 e. The fourth-order valence-electron chi connectivity index (χ4n) is 3.33. The molecule has 1 atom stereocenters. The zero-order chi connectivity index (χ0) is 13.4. The molecule has 0 radical (unpaired) electrons. The lowest BCUT2D eigenvalue weighted by molar-refractivity contribution is 0.0627. The number of rotatable bonds is 7. The van der Waals surface area contributed by atoms with Gasteiger partial charge in [-0.1, -0.05) is 52.9 Å². The first-order valence-corrected chi connectivity index (χ1v) is 8.13. The van der Waals surface area contributed by atoms with Gasteiger partial charge in [-0.15, -0.1) is 0 Å². The summed E-state index contributed by atoms with van der Waals surface area (Å²) in [5.74, 6) is 0.795. The molecule has 0 saturated heterocycles. The van der Waals surface area contributed by atoms with Crippen LogP contribution in [0.3, 0.4) is 0 Å².